The Hall–Kier alpha value is -1.69. The summed E-state index contributed by atoms with van der Waals surface area (Å²) in [4.78, 5) is 12.5. The molecule has 0 saturated carbocycles. The molecule has 0 aliphatic carbocycles. The zero-order valence-electron chi connectivity index (χ0n) is 42.9. The van der Waals surface area contributed by atoms with Crippen LogP contribution < -0.4 is 5.32 Å². The molecule has 0 saturated heterocycles. The largest absolute Gasteiger partial charge is 0.394 e. The van der Waals surface area contributed by atoms with E-state index < -0.39 is 24.2 Å². The Balaban J connectivity index is 3.55. The van der Waals surface area contributed by atoms with Crippen molar-refractivity contribution in [3.63, 3.8) is 0 Å². The molecule has 0 aromatic carbocycles. The minimum absolute atomic E-state index is 0.376. The van der Waals surface area contributed by atoms with Gasteiger partial charge in [0.05, 0.1) is 18.8 Å². The van der Waals surface area contributed by atoms with Gasteiger partial charge in [-0.3, -0.25) is 4.79 Å². The van der Waals surface area contributed by atoms with Crippen LogP contribution in [-0.4, -0.2) is 46.1 Å². The molecule has 0 spiro atoms. The number of amides is 1. The van der Waals surface area contributed by atoms with Crippen LogP contribution in [-0.2, 0) is 4.79 Å². The third-order valence-electron chi connectivity index (χ3n) is 13.1. The van der Waals surface area contributed by atoms with Crippen LogP contribution in [0.25, 0.3) is 0 Å². The van der Waals surface area contributed by atoms with Gasteiger partial charge in [0.25, 0.3) is 0 Å². The number of hydrogen-bond acceptors (Lipinski definition) is 4. The number of carbonyl (C=O) groups is 1. The average Bonchev–Trinajstić information content (AvgIpc) is 3.30. The Morgan fingerprint density at radius 3 is 1.05 bits per heavy atom. The van der Waals surface area contributed by atoms with E-state index in [0.717, 1.165) is 44.9 Å². The number of nitrogens with one attached hydrogen (secondary N) is 1. The van der Waals surface area contributed by atoms with Gasteiger partial charge in [-0.1, -0.05) is 281 Å². The van der Waals surface area contributed by atoms with Crippen LogP contribution in [0.5, 0.6) is 0 Å². The number of aliphatic hydroxyl groups is 3. The van der Waals surface area contributed by atoms with Crippen molar-refractivity contribution in [3.05, 3.63) is 48.6 Å². The highest BCUT2D eigenvalue weighted by Gasteiger charge is 2.22. The molecule has 376 valence electrons. The summed E-state index contributed by atoms with van der Waals surface area (Å²) >= 11 is 0. The smallest absolute Gasteiger partial charge is 0.249 e. The molecule has 0 radical (unpaired) electrons. The van der Waals surface area contributed by atoms with Crippen LogP contribution in [0.1, 0.15) is 296 Å². The Bertz CT molecular complexity index is 1040. The minimum Gasteiger partial charge on any atom is -0.394 e. The summed E-state index contributed by atoms with van der Waals surface area (Å²) in [7, 11) is 0. The molecule has 5 heteroatoms. The third-order valence-corrected chi connectivity index (χ3v) is 13.1. The molecule has 0 rings (SSSR count). The van der Waals surface area contributed by atoms with E-state index in [1.165, 1.54) is 231 Å². The number of allylic oxidation sites excluding steroid dienone is 7. The van der Waals surface area contributed by atoms with E-state index in [4.69, 9.17) is 0 Å². The Kier molecular flexibility index (Phi) is 52.5. The normalized spacial score (nSPS) is 13.6. The Morgan fingerprint density at radius 1 is 0.391 bits per heavy atom. The second-order valence-corrected chi connectivity index (χ2v) is 19.5. The first-order valence-electron chi connectivity index (χ1n) is 28.5. The maximum Gasteiger partial charge on any atom is 0.249 e. The van der Waals surface area contributed by atoms with Crippen molar-refractivity contribution in [2.45, 2.75) is 315 Å². The van der Waals surface area contributed by atoms with E-state index in [0.29, 0.717) is 6.42 Å². The van der Waals surface area contributed by atoms with E-state index in [1.807, 2.05) is 6.08 Å². The van der Waals surface area contributed by atoms with Crippen molar-refractivity contribution in [3.8, 4) is 0 Å². The number of hydrogen-bond donors (Lipinski definition) is 4. The lowest BCUT2D eigenvalue weighted by Crippen LogP contribution is -2.48. The molecule has 0 bridgehead atoms. The van der Waals surface area contributed by atoms with Crippen LogP contribution in [0, 0.1) is 0 Å². The highest BCUT2D eigenvalue weighted by Crippen LogP contribution is 2.17. The van der Waals surface area contributed by atoms with Gasteiger partial charge in [-0.05, 0) is 64.2 Å². The molecule has 0 heterocycles. The minimum atomic E-state index is -1.11. The fraction of sp³-hybridized carbons (Fsp3) is 0.847. The lowest BCUT2D eigenvalue weighted by Gasteiger charge is -2.21. The van der Waals surface area contributed by atoms with E-state index in [2.05, 4.69) is 55.6 Å². The second-order valence-electron chi connectivity index (χ2n) is 19.5. The topological polar surface area (TPSA) is 89.8 Å². The van der Waals surface area contributed by atoms with Crippen molar-refractivity contribution in [1.82, 2.24) is 5.32 Å². The first-order valence-corrected chi connectivity index (χ1v) is 28.5. The van der Waals surface area contributed by atoms with Crippen LogP contribution in [0.3, 0.4) is 0 Å². The fourth-order valence-electron chi connectivity index (χ4n) is 8.70. The highest BCUT2D eigenvalue weighted by molar-refractivity contribution is 5.80. The lowest BCUT2D eigenvalue weighted by atomic mass is 10.0. The van der Waals surface area contributed by atoms with E-state index in [9.17, 15) is 20.1 Å². The Morgan fingerprint density at radius 2 is 0.688 bits per heavy atom. The molecule has 3 atom stereocenters. The fourth-order valence-corrected chi connectivity index (χ4v) is 8.70. The van der Waals surface area contributed by atoms with Gasteiger partial charge in [-0.25, -0.2) is 0 Å². The molecule has 1 amide bonds. The zero-order chi connectivity index (χ0) is 46.5. The quantitative estimate of drug-likeness (QED) is 0.0362. The molecule has 0 aromatic rings. The molecule has 0 aliphatic rings. The number of carbonyl (C=O) groups excluding carboxylic acids is 1. The maximum absolute atomic E-state index is 12.5. The molecule has 64 heavy (non-hydrogen) atoms. The van der Waals surface area contributed by atoms with Crippen LogP contribution in [0.4, 0.5) is 0 Å². The van der Waals surface area contributed by atoms with Crippen molar-refractivity contribution in [1.29, 1.82) is 0 Å². The van der Waals surface area contributed by atoms with Crippen molar-refractivity contribution >= 4 is 5.91 Å². The molecule has 5 nitrogen and oxygen atoms in total. The van der Waals surface area contributed by atoms with Crippen molar-refractivity contribution in [2.24, 2.45) is 0 Å². The van der Waals surface area contributed by atoms with Crippen LogP contribution in [0.15, 0.2) is 48.6 Å². The highest BCUT2D eigenvalue weighted by atomic mass is 16.3. The standard InChI is InChI=1S/C59H111NO4/c1-3-5-7-9-11-13-15-17-19-21-22-23-24-25-26-27-28-29-30-31-32-33-34-35-36-37-38-40-42-44-46-48-50-52-54-58(63)59(64)60-56(55-61)57(62)53-51-49-47-45-43-41-39-20-18-16-14-12-10-8-6-4-2/h24-25,27-28,43,45,51,53,56-58,61-63H,3-23,26,29-42,44,46-50,52,54-55H2,1-2H3,(H,60,64)/b25-24-,28-27-,45-43+,53-51+. The van der Waals surface area contributed by atoms with Gasteiger partial charge in [-0.15, -0.1) is 0 Å². The third kappa shape index (κ3) is 48.2. The average molecular weight is 899 g/mol. The lowest BCUT2D eigenvalue weighted by molar-refractivity contribution is -0.131. The summed E-state index contributed by atoms with van der Waals surface area (Å²) in [5, 5.41) is 33.3. The van der Waals surface area contributed by atoms with Crippen molar-refractivity contribution in [2.75, 3.05) is 6.61 Å². The number of unbranched alkanes of at least 4 members (excludes halogenated alkanes) is 38. The van der Waals surface area contributed by atoms with Gasteiger partial charge in [0, 0.05) is 0 Å². The van der Waals surface area contributed by atoms with Crippen LogP contribution >= 0.6 is 0 Å². The first kappa shape index (κ1) is 62.3. The van der Waals surface area contributed by atoms with Gasteiger partial charge >= 0.3 is 0 Å². The Labute approximate surface area is 399 Å². The van der Waals surface area contributed by atoms with E-state index in [-0.39, 0.29) is 6.61 Å². The van der Waals surface area contributed by atoms with Crippen molar-refractivity contribution < 1.29 is 20.1 Å². The molecule has 0 fully saturated rings. The second kappa shape index (κ2) is 53.9. The SMILES string of the molecule is CCCCCCCCCCCC/C=C/CC/C=C/C(O)C(CO)NC(=O)C(O)CCCCCCCCCCCCCCCCCC/C=C\C/C=C\CCCCCCCCCCCCC. The predicted molar refractivity (Wildman–Crippen MR) is 282 cm³/mol. The molecular formula is C59H111NO4. The maximum atomic E-state index is 12.5. The molecule has 0 aliphatic heterocycles. The summed E-state index contributed by atoms with van der Waals surface area (Å²) in [6.45, 7) is 4.19. The van der Waals surface area contributed by atoms with E-state index >= 15 is 0 Å². The summed E-state index contributed by atoms with van der Waals surface area (Å²) in [5.74, 6) is -0.511. The number of rotatable bonds is 52. The summed E-state index contributed by atoms with van der Waals surface area (Å²) < 4.78 is 0. The first-order chi connectivity index (χ1) is 31.6. The molecular weight excluding hydrogens is 787 g/mol. The predicted octanol–water partition coefficient (Wildman–Crippen LogP) is 17.6. The van der Waals surface area contributed by atoms with Gasteiger partial charge in [0.1, 0.15) is 6.10 Å². The summed E-state index contributed by atoms with van der Waals surface area (Å²) in [6.07, 6.45) is 72.0. The summed E-state index contributed by atoms with van der Waals surface area (Å²) in [5.41, 5.74) is 0. The van der Waals surface area contributed by atoms with Gasteiger partial charge in [0.15, 0.2) is 0 Å². The monoisotopic (exact) mass is 898 g/mol. The van der Waals surface area contributed by atoms with Gasteiger partial charge in [0.2, 0.25) is 5.91 Å². The molecule has 4 N–H and O–H groups in total. The van der Waals surface area contributed by atoms with Crippen LogP contribution in [0.2, 0.25) is 0 Å². The summed E-state index contributed by atoms with van der Waals surface area (Å²) in [6, 6.07) is -0.815. The molecule has 3 unspecified atom stereocenters. The van der Waals surface area contributed by atoms with Gasteiger partial charge in [-0.2, -0.15) is 0 Å². The van der Waals surface area contributed by atoms with E-state index in [1.54, 1.807) is 6.08 Å². The number of aliphatic hydroxyl groups excluding tert-OH is 3. The zero-order valence-corrected chi connectivity index (χ0v) is 42.9. The molecule has 0 aromatic heterocycles. The van der Waals surface area contributed by atoms with Gasteiger partial charge < -0.3 is 20.6 Å².